The molecule has 0 spiro atoms. The van der Waals surface area contributed by atoms with Crippen LogP contribution in [-0.4, -0.2) is 61.2 Å². The van der Waals surface area contributed by atoms with Crippen LogP contribution in [-0.2, 0) is 0 Å². The summed E-state index contributed by atoms with van der Waals surface area (Å²) in [6.45, 7) is 7.90. The molecule has 3 fully saturated rings. The van der Waals surface area contributed by atoms with Gasteiger partial charge in [-0.25, -0.2) is 0 Å². The van der Waals surface area contributed by atoms with Crippen molar-refractivity contribution in [2.24, 2.45) is 0 Å². The SMILES string of the molecule is C1CCN(CCN2CCC(NC3CC3)C2)CC1. The maximum Gasteiger partial charge on any atom is 0.0209 e. The molecule has 0 aromatic heterocycles. The first kappa shape index (κ1) is 11.9. The lowest BCUT2D eigenvalue weighted by Crippen LogP contribution is -2.39. The zero-order valence-corrected chi connectivity index (χ0v) is 11.0. The summed E-state index contributed by atoms with van der Waals surface area (Å²) in [5.74, 6) is 0. The van der Waals surface area contributed by atoms with Crippen LogP contribution in [0.3, 0.4) is 0 Å². The summed E-state index contributed by atoms with van der Waals surface area (Å²) in [5, 5.41) is 3.77. The monoisotopic (exact) mass is 237 g/mol. The van der Waals surface area contributed by atoms with Gasteiger partial charge in [0.05, 0.1) is 0 Å². The average molecular weight is 237 g/mol. The molecule has 0 radical (unpaired) electrons. The highest BCUT2D eigenvalue weighted by Gasteiger charge is 2.29. The van der Waals surface area contributed by atoms with Gasteiger partial charge in [0.15, 0.2) is 0 Å². The van der Waals surface area contributed by atoms with Crippen molar-refractivity contribution in [1.82, 2.24) is 15.1 Å². The maximum absolute atomic E-state index is 3.77. The fourth-order valence-electron chi connectivity index (χ4n) is 3.22. The molecule has 2 saturated heterocycles. The second kappa shape index (κ2) is 5.68. The lowest BCUT2D eigenvalue weighted by Gasteiger charge is -2.28. The highest BCUT2D eigenvalue weighted by molar-refractivity contribution is 4.89. The smallest absolute Gasteiger partial charge is 0.0209 e. The summed E-state index contributed by atoms with van der Waals surface area (Å²) in [5.41, 5.74) is 0. The second-order valence-corrected chi connectivity index (χ2v) is 6.13. The van der Waals surface area contributed by atoms with Gasteiger partial charge in [-0.1, -0.05) is 6.42 Å². The van der Waals surface area contributed by atoms with Crippen molar-refractivity contribution in [2.75, 3.05) is 39.3 Å². The van der Waals surface area contributed by atoms with Gasteiger partial charge < -0.3 is 15.1 Å². The number of likely N-dealkylation sites (tertiary alicyclic amines) is 2. The fourth-order valence-corrected chi connectivity index (χ4v) is 3.22. The van der Waals surface area contributed by atoms with Crippen LogP contribution in [0, 0.1) is 0 Å². The summed E-state index contributed by atoms with van der Waals surface area (Å²) in [7, 11) is 0. The van der Waals surface area contributed by atoms with Gasteiger partial charge in [0.1, 0.15) is 0 Å². The third-order valence-corrected chi connectivity index (χ3v) is 4.50. The minimum atomic E-state index is 0.795. The van der Waals surface area contributed by atoms with E-state index in [9.17, 15) is 0 Å². The summed E-state index contributed by atoms with van der Waals surface area (Å²) in [6.07, 6.45) is 8.51. The van der Waals surface area contributed by atoms with E-state index in [0.717, 1.165) is 12.1 Å². The summed E-state index contributed by atoms with van der Waals surface area (Å²) < 4.78 is 0. The van der Waals surface area contributed by atoms with Crippen molar-refractivity contribution < 1.29 is 0 Å². The Hall–Kier alpha value is -0.120. The van der Waals surface area contributed by atoms with Crippen LogP contribution >= 0.6 is 0 Å². The molecule has 0 bridgehead atoms. The van der Waals surface area contributed by atoms with E-state index in [1.165, 1.54) is 77.8 Å². The fraction of sp³-hybridized carbons (Fsp3) is 1.00. The molecular weight excluding hydrogens is 210 g/mol. The van der Waals surface area contributed by atoms with Crippen molar-refractivity contribution in [3.05, 3.63) is 0 Å². The first-order chi connectivity index (χ1) is 8.40. The molecule has 17 heavy (non-hydrogen) atoms. The molecule has 1 aliphatic carbocycles. The summed E-state index contributed by atoms with van der Waals surface area (Å²) >= 11 is 0. The quantitative estimate of drug-likeness (QED) is 0.777. The van der Waals surface area contributed by atoms with E-state index < -0.39 is 0 Å². The van der Waals surface area contributed by atoms with Gasteiger partial charge >= 0.3 is 0 Å². The number of rotatable bonds is 5. The number of hydrogen-bond acceptors (Lipinski definition) is 3. The van der Waals surface area contributed by atoms with Crippen LogP contribution in [0.15, 0.2) is 0 Å². The molecule has 3 nitrogen and oxygen atoms in total. The highest BCUT2D eigenvalue weighted by Crippen LogP contribution is 2.21. The van der Waals surface area contributed by atoms with E-state index in [4.69, 9.17) is 0 Å². The Morgan fingerprint density at radius 3 is 2.29 bits per heavy atom. The minimum Gasteiger partial charge on any atom is -0.310 e. The Morgan fingerprint density at radius 2 is 1.53 bits per heavy atom. The Labute approximate surface area is 106 Å². The van der Waals surface area contributed by atoms with Gasteiger partial charge in [-0.2, -0.15) is 0 Å². The zero-order valence-electron chi connectivity index (χ0n) is 11.0. The van der Waals surface area contributed by atoms with Crippen molar-refractivity contribution in [3.63, 3.8) is 0 Å². The van der Waals surface area contributed by atoms with Crippen molar-refractivity contribution in [2.45, 2.75) is 50.6 Å². The Balaban J connectivity index is 1.32. The molecule has 1 atom stereocenters. The van der Waals surface area contributed by atoms with Crippen molar-refractivity contribution in [3.8, 4) is 0 Å². The van der Waals surface area contributed by atoms with Gasteiger partial charge in [0, 0.05) is 31.7 Å². The molecule has 1 saturated carbocycles. The molecule has 1 unspecified atom stereocenters. The molecule has 98 valence electrons. The van der Waals surface area contributed by atoms with E-state index in [1.54, 1.807) is 0 Å². The summed E-state index contributed by atoms with van der Waals surface area (Å²) in [6, 6.07) is 1.67. The van der Waals surface area contributed by atoms with Gasteiger partial charge in [-0.05, 0) is 51.7 Å². The van der Waals surface area contributed by atoms with Gasteiger partial charge in [0.25, 0.3) is 0 Å². The topological polar surface area (TPSA) is 18.5 Å². The number of hydrogen-bond donors (Lipinski definition) is 1. The highest BCUT2D eigenvalue weighted by atomic mass is 15.2. The molecule has 0 aromatic carbocycles. The molecule has 3 aliphatic rings. The average Bonchev–Trinajstić information content (AvgIpc) is 3.06. The van der Waals surface area contributed by atoms with Crippen LogP contribution in [0.1, 0.15) is 38.5 Å². The van der Waals surface area contributed by atoms with Crippen LogP contribution in [0.5, 0.6) is 0 Å². The predicted octanol–water partition coefficient (Wildman–Crippen LogP) is 1.30. The standard InChI is InChI=1S/C14H27N3/c1-2-7-16(8-3-1)10-11-17-9-6-14(12-17)15-13-4-5-13/h13-15H,1-12H2. The van der Waals surface area contributed by atoms with Crippen LogP contribution in [0.2, 0.25) is 0 Å². The van der Waals surface area contributed by atoms with E-state index in [2.05, 4.69) is 15.1 Å². The first-order valence-electron chi connectivity index (χ1n) is 7.61. The van der Waals surface area contributed by atoms with E-state index >= 15 is 0 Å². The molecule has 0 amide bonds. The normalized spacial score (nSPS) is 32.1. The lowest BCUT2D eigenvalue weighted by atomic mass is 10.1. The van der Waals surface area contributed by atoms with Crippen LogP contribution < -0.4 is 5.32 Å². The van der Waals surface area contributed by atoms with E-state index in [1.807, 2.05) is 0 Å². The number of nitrogens with one attached hydrogen (secondary N) is 1. The zero-order chi connectivity index (χ0) is 11.5. The van der Waals surface area contributed by atoms with E-state index in [0.29, 0.717) is 0 Å². The molecule has 3 heteroatoms. The third kappa shape index (κ3) is 3.67. The molecule has 2 heterocycles. The maximum atomic E-state index is 3.77. The predicted molar refractivity (Wildman–Crippen MR) is 71.3 cm³/mol. The summed E-state index contributed by atoms with van der Waals surface area (Å²) in [4.78, 5) is 5.32. The van der Waals surface area contributed by atoms with Gasteiger partial charge in [0.2, 0.25) is 0 Å². The Bertz CT molecular complexity index is 234. The Kier molecular flexibility index (Phi) is 3.99. The molecule has 1 N–H and O–H groups in total. The third-order valence-electron chi connectivity index (χ3n) is 4.50. The number of piperidine rings is 1. The van der Waals surface area contributed by atoms with Gasteiger partial charge in [-0.3, -0.25) is 0 Å². The Morgan fingerprint density at radius 1 is 0.765 bits per heavy atom. The second-order valence-electron chi connectivity index (χ2n) is 6.13. The first-order valence-corrected chi connectivity index (χ1v) is 7.61. The number of nitrogens with zero attached hydrogens (tertiary/aromatic N) is 2. The largest absolute Gasteiger partial charge is 0.310 e. The molecular formula is C14H27N3. The lowest BCUT2D eigenvalue weighted by molar-refractivity contribution is 0.195. The molecule has 2 aliphatic heterocycles. The van der Waals surface area contributed by atoms with Crippen molar-refractivity contribution >= 4 is 0 Å². The van der Waals surface area contributed by atoms with Crippen molar-refractivity contribution in [1.29, 1.82) is 0 Å². The molecule has 0 aromatic rings. The van der Waals surface area contributed by atoms with E-state index in [-0.39, 0.29) is 0 Å². The van der Waals surface area contributed by atoms with Crippen LogP contribution in [0.4, 0.5) is 0 Å². The molecule has 3 rings (SSSR count). The van der Waals surface area contributed by atoms with Gasteiger partial charge in [-0.15, -0.1) is 0 Å². The minimum absolute atomic E-state index is 0.795. The van der Waals surface area contributed by atoms with Crippen LogP contribution in [0.25, 0.3) is 0 Å².